The highest BCUT2D eigenvalue weighted by Gasteiger charge is 2.47. The second-order valence-corrected chi connectivity index (χ2v) is 8.85. The monoisotopic (exact) mass is 443 g/mol. The number of aromatic nitrogens is 1. The van der Waals surface area contributed by atoms with Crippen LogP contribution in [0.4, 0.5) is 5.69 Å². The molecule has 0 aliphatic carbocycles. The summed E-state index contributed by atoms with van der Waals surface area (Å²) in [5, 5.41) is 10.2. The van der Waals surface area contributed by atoms with Gasteiger partial charge in [0.05, 0.1) is 32.2 Å². The Hall–Kier alpha value is -3.38. The van der Waals surface area contributed by atoms with E-state index in [9.17, 15) is 9.90 Å². The number of nitrogens with zero attached hydrogens (tertiary/aromatic N) is 3. The molecule has 0 saturated carbocycles. The minimum absolute atomic E-state index is 0.0120. The molecule has 0 bridgehead atoms. The van der Waals surface area contributed by atoms with Crippen LogP contribution in [0.1, 0.15) is 23.7 Å². The third-order valence-electron chi connectivity index (χ3n) is 7.15. The number of ether oxygens (including phenoxy) is 1. The molecule has 6 heteroatoms. The first-order valence-electron chi connectivity index (χ1n) is 11.4. The van der Waals surface area contributed by atoms with Crippen molar-refractivity contribution in [3.63, 3.8) is 0 Å². The Morgan fingerprint density at radius 2 is 1.91 bits per heavy atom. The Kier molecular flexibility index (Phi) is 5.77. The highest BCUT2D eigenvalue weighted by molar-refractivity contribution is 5.80. The molecule has 33 heavy (non-hydrogen) atoms. The minimum Gasteiger partial charge on any atom is -0.497 e. The lowest BCUT2D eigenvalue weighted by atomic mass is 9.81. The summed E-state index contributed by atoms with van der Waals surface area (Å²) in [6.07, 6.45) is 2.89. The van der Waals surface area contributed by atoms with Crippen molar-refractivity contribution in [2.24, 2.45) is 5.92 Å². The molecule has 1 saturated heterocycles. The Morgan fingerprint density at radius 1 is 1.12 bits per heavy atom. The first kappa shape index (κ1) is 21.5. The van der Waals surface area contributed by atoms with E-state index in [-0.39, 0.29) is 36.9 Å². The highest BCUT2D eigenvalue weighted by atomic mass is 16.5. The fourth-order valence-electron chi connectivity index (χ4n) is 5.46. The van der Waals surface area contributed by atoms with E-state index in [4.69, 9.17) is 4.74 Å². The van der Waals surface area contributed by atoms with E-state index in [0.29, 0.717) is 6.54 Å². The summed E-state index contributed by atoms with van der Waals surface area (Å²) in [5.41, 5.74) is 5.21. The first-order valence-corrected chi connectivity index (χ1v) is 11.4. The smallest absolute Gasteiger partial charge is 0.229 e. The second kappa shape index (κ2) is 8.87. The van der Waals surface area contributed by atoms with Gasteiger partial charge in [0.15, 0.2) is 0 Å². The van der Waals surface area contributed by atoms with Crippen LogP contribution in [0.5, 0.6) is 5.75 Å². The average Bonchev–Trinajstić information content (AvgIpc) is 3.30. The van der Waals surface area contributed by atoms with Gasteiger partial charge in [0.25, 0.3) is 0 Å². The summed E-state index contributed by atoms with van der Waals surface area (Å²) in [5.74, 6) is 1.10. The lowest BCUT2D eigenvalue weighted by Gasteiger charge is -2.44. The third-order valence-corrected chi connectivity index (χ3v) is 7.15. The van der Waals surface area contributed by atoms with Crippen molar-refractivity contribution < 1.29 is 14.6 Å². The Balaban J connectivity index is 1.53. The standard InChI is InChI=1S/C27H29N3O3/c1-29-24-11-8-19(18-6-9-21(33-2)10-7-18)15-23(24)27-22(25(29)17-31)12-14-30(27)26(32)16-20-5-3-4-13-28-20/h3-11,13,15,22,25,27,31H,12,14,16-17H2,1-2H3/t22-,25-,27-/m0/s1. The molecule has 0 radical (unpaired) electrons. The molecular weight excluding hydrogens is 414 g/mol. The maximum absolute atomic E-state index is 13.4. The zero-order valence-corrected chi connectivity index (χ0v) is 19.0. The van der Waals surface area contributed by atoms with E-state index < -0.39 is 0 Å². The van der Waals surface area contributed by atoms with E-state index in [1.807, 2.05) is 42.3 Å². The number of fused-ring (bicyclic) bond motifs is 3. The fourth-order valence-corrected chi connectivity index (χ4v) is 5.46. The fraction of sp³-hybridized carbons (Fsp3) is 0.333. The molecule has 170 valence electrons. The number of carbonyl (C=O) groups excluding carboxylic acids is 1. The Morgan fingerprint density at radius 3 is 2.61 bits per heavy atom. The molecule has 3 aromatic rings. The van der Waals surface area contributed by atoms with Crippen LogP contribution in [0.3, 0.4) is 0 Å². The van der Waals surface area contributed by atoms with Crippen molar-refractivity contribution >= 4 is 11.6 Å². The number of hydrogen-bond acceptors (Lipinski definition) is 5. The van der Waals surface area contributed by atoms with Gasteiger partial charge in [-0.1, -0.05) is 24.3 Å². The zero-order valence-electron chi connectivity index (χ0n) is 19.0. The third kappa shape index (κ3) is 3.85. The SMILES string of the molecule is COc1ccc(-c2ccc3c(c2)[C@@H]2[C@@H](CCN2C(=O)Cc2ccccn2)[C@H](CO)N3C)cc1. The van der Waals surface area contributed by atoms with Crippen molar-refractivity contribution in [1.82, 2.24) is 9.88 Å². The molecule has 2 aromatic carbocycles. The van der Waals surface area contributed by atoms with Crippen LogP contribution in [0.25, 0.3) is 11.1 Å². The van der Waals surface area contributed by atoms with Gasteiger partial charge in [-0.25, -0.2) is 0 Å². The lowest BCUT2D eigenvalue weighted by Crippen LogP contribution is -2.48. The number of rotatable bonds is 5. The number of likely N-dealkylation sites (tertiary alicyclic amines) is 1. The summed E-state index contributed by atoms with van der Waals surface area (Å²) < 4.78 is 5.30. The van der Waals surface area contributed by atoms with Gasteiger partial charge in [-0.05, 0) is 59.5 Å². The number of carbonyl (C=O) groups is 1. The predicted octanol–water partition coefficient (Wildman–Crippen LogP) is 3.70. The lowest BCUT2D eigenvalue weighted by molar-refractivity contribution is -0.132. The zero-order chi connectivity index (χ0) is 22.9. The van der Waals surface area contributed by atoms with Gasteiger partial charge in [0, 0.05) is 37.1 Å². The van der Waals surface area contributed by atoms with Crippen molar-refractivity contribution in [3.05, 3.63) is 78.1 Å². The molecule has 5 rings (SSSR count). The van der Waals surface area contributed by atoms with Gasteiger partial charge in [-0.3, -0.25) is 9.78 Å². The van der Waals surface area contributed by atoms with Crippen molar-refractivity contribution in [2.75, 3.05) is 32.2 Å². The summed E-state index contributed by atoms with van der Waals surface area (Å²) in [6.45, 7) is 0.761. The maximum atomic E-state index is 13.4. The molecule has 3 heterocycles. The van der Waals surface area contributed by atoms with Gasteiger partial charge < -0.3 is 19.6 Å². The van der Waals surface area contributed by atoms with Crippen LogP contribution in [0.15, 0.2) is 66.9 Å². The van der Waals surface area contributed by atoms with Crippen LogP contribution in [0.2, 0.25) is 0 Å². The van der Waals surface area contributed by atoms with Gasteiger partial charge in [0.2, 0.25) is 5.91 Å². The van der Waals surface area contributed by atoms with Crippen LogP contribution in [-0.4, -0.2) is 54.2 Å². The van der Waals surface area contributed by atoms with Crippen molar-refractivity contribution in [2.45, 2.75) is 24.9 Å². The number of anilines is 1. The van der Waals surface area contributed by atoms with Gasteiger partial charge >= 0.3 is 0 Å². The number of aliphatic hydroxyl groups excluding tert-OH is 1. The molecule has 3 atom stereocenters. The Bertz CT molecular complexity index is 1130. The molecule has 0 spiro atoms. The molecular formula is C27H29N3O3. The number of likely N-dealkylation sites (N-methyl/N-ethyl adjacent to an activating group) is 1. The van der Waals surface area contributed by atoms with E-state index in [0.717, 1.165) is 40.2 Å². The molecule has 1 amide bonds. The molecule has 6 nitrogen and oxygen atoms in total. The quantitative estimate of drug-likeness (QED) is 0.651. The molecule has 2 aliphatic heterocycles. The van der Waals surface area contributed by atoms with E-state index in [1.54, 1.807) is 13.3 Å². The average molecular weight is 444 g/mol. The minimum atomic E-state index is -0.0530. The van der Waals surface area contributed by atoms with Crippen LogP contribution in [-0.2, 0) is 11.2 Å². The normalized spacial score (nSPS) is 21.5. The Labute approximate surface area is 194 Å². The van der Waals surface area contributed by atoms with Crippen LogP contribution < -0.4 is 9.64 Å². The summed E-state index contributed by atoms with van der Waals surface area (Å²) in [4.78, 5) is 21.9. The number of hydrogen-bond donors (Lipinski definition) is 1. The summed E-state index contributed by atoms with van der Waals surface area (Å²) in [6, 6.07) is 20.1. The topological polar surface area (TPSA) is 65.9 Å². The molecule has 1 fully saturated rings. The number of amides is 1. The largest absolute Gasteiger partial charge is 0.497 e. The summed E-state index contributed by atoms with van der Waals surface area (Å²) in [7, 11) is 3.71. The van der Waals surface area contributed by atoms with Crippen molar-refractivity contribution in [3.8, 4) is 16.9 Å². The van der Waals surface area contributed by atoms with Crippen molar-refractivity contribution in [1.29, 1.82) is 0 Å². The predicted molar refractivity (Wildman–Crippen MR) is 128 cm³/mol. The number of benzene rings is 2. The number of aliphatic hydroxyl groups is 1. The maximum Gasteiger partial charge on any atom is 0.229 e. The van der Waals surface area contributed by atoms with Crippen LogP contribution >= 0.6 is 0 Å². The van der Waals surface area contributed by atoms with E-state index >= 15 is 0 Å². The molecule has 2 aliphatic rings. The van der Waals surface area contributed by atoms with Gasteiger partial charge in [-0.15, -0.1) is 0 Å². The molecule has 1 N–H and O–H groups in total. The van der Waals surface area contributed by atoms with Crippen LogP contribution in [0, 0.1) is 5.92 Å². The number of methoxy groups -OCH3 is 1. The molecule has 0 unspecified atom stereocenters. The van der Waals surface area contributed by atoms with Gasteiger partial charge in [0.1, 0.15) is 5.75 Å². The van der Waals surface area contributed by atoms with E-state index in [2.05, 4.69) is 40.2 Å². The summed E-state index contributed by atoms with van der Waals surface area (Å²) >= 11 is 0. The van der Waals surface area contributed by atoms with Gasteiger partial charge in [-0.2, -0.15) is 0 Å². The molecule has 1 aromatic heterocycles. The number of pyridine rings is 1. The highest BCUT2D eigenvalue weighted by Crippen LogP contribution is 2.49. The second-order valence-electron chi connectivity index (χ2n) is 8.85. The first-order chi connectivity index (χ1) is 16.1. The van der Waals surface area contributed by atoms with E-state index in [1.165, 1.54) is 0 Å².